The van der Waals surface area contributed by atoms with Crippen LogP contribution in [0.2, 0.25) is 0 Å². The Kier molecular flexibility index (Phi) is 3.56. The van der Waals surface area contributed by atoms with Gasteiger partial charge in [0.15, 0.2) is 5.82 Å². The molecule has 0 bridgehead atoms. The number of hydroxylamine groups is 1. The van der Waals surface area contributed by atoms with Gasteiger partial charge in [-0.2, -0.15) is 5.06 Å². The van der Waals surface area contributed by atoms with Crippen LogP contribution in [-0.2, 0) is 11.2 Å². The lowest BCUT2D eigenvalue weighted by atomic mass is 10.0. The molecule has 6 heteroatoms. The first-order valence-corrected chi connectivity index (χ1v) is 6.99. The third kappa shape index (κ3) is 2.43. The predicted molar refractivity (Wildman–Crippen MR) is 81.2 cm³/mol. The van der Waals surface area contributed by atoms with Crippen molar-refractivity contribution < 1.29 is 14.7 Å². The molecular weight excluding hydrogens is 282 g/mol. The van der Waals surface area contributed by atoms with Crippen molar-refractivity contribution in [2.45, 2.75) is 26.3 Å². The molecule has 1 amide bonds. The zero-order valence-electron chi connectivity index (χ0n) is 12.4. The van der Waals surface area contributed by atoms with Crippen LogP contribution in [0.4, 0.5) is 5.82 Å². The summed E-state index contributed by atoms with van der Waals surface area (Å²) in [5.74, 6) is 0.949. The van der Waals surface area contributed by atoms with E-state index in [9.17, 15) is 10.0 Å². The minimum Gasteiger partial charge on any atom is -0.455 e. The van der Waals surface area contributed by atoms with Gasteiger partial charge >= 0.3 is 0 Å². The fraction of sp³-hybridized carbons (Fsp3) is 0.250. The topological polar surface area (TPSA) is 88.7 Å². The Morgan fingerprint density at radius 2 is 2.18 bits per heavy atom. The zero-order chi connectivity index (χ0) is 15.9. The molecule has 1 aliphatic rings. The number of anilines is 1. The standard InChI is InChI=1S/C16H17N3O3/c1-9-4-3-5-14(10(9)2)22-12-6-11-7-13(17)16(20)19(21)15(11)18-8-12/h3-6,8,13,21H,7,17H2,1-2H3/t13-/m0/s1. The Labute approximate surface area is 128 Å². The Balaban J connectivity index is 1.93. The minimum atomic E-state index is -0.768. The van der Waals surface area contributed by atoms with E-state index >= 15 is 0 Å². The molecule has 0 radical (unpaired) electrons. The second-order valence-corrected chi connectivity index (χ2v) is 5.41. The second kappa shape index (κ2) is 5.40. The highest BCUT2D eigenvalue weighted by atomic mass is 16.5. The van der Waals surface area contributed by atoms with E-state index in [2.05, 4.69) is 4.98 Å². The van der Waals surface area contributed by atoms with Crippen molar-refractivity contribution in [3.05, 3.63) is 47.2 Å². The molecule has 1 aliphatic heterocycles. The van der Waals surface area contributed by atoms with Crippen molar-refractivity contribution in [1.82, 2.24) is 4.98 Å². The molecule has 1 aromatic heterocycles. The number of hydrogen-bond acceptors (Lipinski definition) is 5. The van der Waals surface area contributed by atoms with E-state index in [4.69, 9.17) is 10.5 Å². The molecule has 6 nitrogen and oxygen atoms in total. The van der Waals surface area contributed by atoms with E-state index in [1.807, 2.05) is 32.0 Å². The van der Waals surface area contributed by atoms with Crippen LogP contribution in [0.3, 0.4) is 0 Å². The van der Waals surface area contributed by atoms with Crippen molar-refractivity contribution in [1.29, 1.82) is 0 Å². The van der Waals surface area contributed by atoms with Gasteiger partial charge in [0.1, 0.15) is 11.5 Å². The average molecular weight is 299 g/mol. The number of nitrogens with zero attached hydrogens (tertiary/aromatic N) is 2. The number of aryl methyl sites for hydroxylation is 1. The highest BCUT2D eigenvalue weighted by Gasteiger charge is 2.31. The van der Waals surface area contributed by atoms with E-state index in [-0.39, 0.29) is 5.82 Å². The van der Waals surface area contributed by atoms with E-state index in [0.717, 1.165) is 16.9 Å². The third-order valence-corrected chi connectivity index (χ3v) is 3.87. The van der Waals surface area contributed by atoms with Crippen LogP contribution in [-0.4, -0.2) is 22.1 Å². The first-order chi connectivity index (χ1) is 10.5. The number of amides is 1. The quantitative estimate of drug-likeness (QED) is 0.829. The number of fused-ring (bicyclic) bond motifs is 1. The summed E-state index contributed by atoms with van der Waals surface area (Å²) in [6, 6.07) is 6.81. The van der Waals surface area contributed by atoms with Gasteiger partial charge in [-0.15, -0.1) is 0 Å². The lowest BCUT2D eigenvalue weighted by Gasteiger charge is -2.26. The van der Waals surface area contributed by atoms with Crippen LogP contribution in [0, 0.1) is 13.8 Å². The summed E-state index contributed by atoms with van der Waals surface area (Å²) < 4.78 is 5.86. The lowest BCUT2D eigenvalue weighted by Crippen LogP contribution is -2.47. The molecule has 3 rings (SSSR count). The molecule has 2 aromatic rings. The van der Waals surface area contributed by atoms with Gasteiger partial charge in [-0.3, -0.25) is 10.0 Å². The zero-order valence-corrected chi connectivity index (χ0v) is 12.4. The lowest BCUT2D eigenvalue weighted by molar-refractivity contribution is -0.125. The summed E-state index contributed by atoms with van der Waals surface area (Å²) >= 11 is 0. The van der Waals surface area contributed by atoms with Crippen LogP contribution in [0.25, 0.3) is 0 Å². The van der Waals surface area contributed by atoms with Crippen molar-refractivity contribution in [3.8, 4) is 11.5 Å². The van der Waals surface area contributed by atoms with Crippen LogP contribution in [0.5, 0.6) is 11.5 Å². The largest absolute Gasteiger partial charge is 0.455 e. The highest BCUT2D eigenvalue weighted by molar-refractivity contribution is 5.97. The molecule has 0 fully saturated rings. The highest BCUT2D eigenvalue weighted by Crippen LogP contribution is 2.31. The van der Waals surface area contributed by atoms with Gasteiger partial charge < -0.3 is 10.5 Å². The number of ether oxygens (including phenoxy) is 1. The molecule has 114 valence electrons. The first kappa shape index (κ1) is 14.5. The molecule has 3 N–H and O–H groups in total. The molecule has 0 saturated heterocycles. The molecule has 0 saturated carbocycles. The monoisotopic (exact) mass is 299 g/mol. The van der Waals surface area contributed by atoms with Gasteiger partial charge in [-0.25, -0.2) is 4.98 Å². The van der Waals surface area contributed by atoms with Gasteiger partial charge in [0.2, 0.25) is 0 Å². The van der Waals surface area contributed by atoms with Crippen LogP contribution >= 0.6 is 0 Å². The van der Waals surface area contributed by atoms with Crippen molar-refractivity contribution >= 4 is 11.7 Å². The Morgan fingerprint density at radius 3 is 2.95 bits per heavy atom. The van der Waals surface area contributed by atoms with E-state index in [1.165, 1.54) is 6.20 Å². The maximum absolute atomic E-state index is 11.6. The van der Waals surface area contributed by atoms with Gasteiger partial charge in [0.25, 0.3) is 5.91 Å². The fourth-order valence-corrected chi connectivity index (χ4v) is 2.43. The van der Waals surface area contributed by atoms with E-state index in [0.29, 0.717) is 22.8 Å². The van der Waals surface area contributed by atoms with Gasteiger partial charge in [0, 0.05) is 12.0 Å². The van der Waals surface area contributed by atoms with Crippen LogP contribution < -0.4 is 15.5 Å². The number of pyridine rings is 1. The minimum absolute atomic E-state index is 0.208. The van der Waals surface area contributed by atoms with E-state index in [1.54, 1.807) is 6.07 Å². The summed E-state index contributed by atoms with van der Waals surface area (Å²) in [6.07, 6.45) is 1.80. The maximum atomic E-state index is 11.6. The van der Waals surface area contributed by atoms with Crippen LogP contribution in [0.15, 0.2) is 30.5 Å². The summed E-state index contributed by atoms with van der Waals surface area (Å²) in [6.45, 7) is 4.00. The van der Waals surface area contributed by atoms with Gasteiger partial charge in [-0.05, 0) is 37.1 Å². The molecular formula is C16H17N3O3. The molecule has 22 heavy (non-hydrogen) atoms. The molecule has 0 unspecified atom stereocenters. The SMILES string of the molecule is Cc1cccc(Oc2cnc3c(c2)C[C@H](N)C(=O)N3O)c1C. The van der Waals surface area contributed by atoms with E-state index < -0.39 is 11.9 Å². The fourth-order valence-electron chi connectivity index (χ4n) is 2.43. The van der Waals surface area contributed by atoms with Crippen LogP contribution in [0.1, 0.15) is 16.7 Å². The number of carbonyl (C=O) groups is 1. The summed E-state index contributed by atoms with van der Waals surface area (Å²) in [7, 11) is 0. The second-order valence-electron chi connectivity index (χ2n) is 5.41. The normalized spacial score (nSPS) is 17.4. The number of carbonyl (C=O) groups excluding carboxylic acids is 1. The van der Waals surface area contributed by atoms with Crippen molar-refractivity contribution in [2.75, 3.05) is 5.06 Å². The third-order valence-electron chi connectivity index (χ3n) is 3.87. The average Bonchev–Trinajstić information content (AvgIpc) is 2.49. The molecule has 0 spiro atoms. The number of aromatic nitrogens is 1. The molecule has 0 aliphatic carbocycles. The molecule has 1 aromatic carbocycles. The Bertz CT molecular complexity index is 745. The Hall–Kier alpha value is -2.44. The number of hydrogen-bond donors (Lipinski definition) is 2. The summed E-state index contributed by atoms with van der Waals surface area (Å²) in [5, 5.41) is 10.3. The number of benzene rings is 1. The molecule has 2 heterocycles. The first-order valence-electron chi connectivity index (χ1n) is 6.99. The predicted octanol–water partition coefficient (Wildman–Crippen LogP) is 2.10. The Morgan fingerprint density at radius 1 is 1.41 bits per heavy atom. The number of rotatable bonds is 2. The summed E-state index contributed by atoms with van der Waals surface area (Å²) in [5.41, 5.74) is 8.58. The van der Waals surface area contributed by atoms with Gasteiger partial charge in [-0.1, -0.05) is 12.1 Å². The molecule has 1 atom stereocenters. The van der Waals surface area contributed by atoms with Crippen molar-refractivity contribution in [2.24, 2.45) is 5.73 Å². The number of nitrogens with two attached hydrogens (primary N) is 1. The van der Waals surface area contributed by atoms with Crippen molar-refractivity contribution in [3.63, 3.8) is 0 Å². The van der Waals surface area contributed by atoms with Gasteiger partial charge in [0.05, 0.1) is 12.2 Å². The summed E-state index contributed by atoms with van der Waals surface area (Å²) in [4.78, 5) is 15.7. The maximum Gasteiger partial charge on any atom is 0.269 e. The smallest absolute Gasteiger partial charge is 0.269 e.